The van der Waals surface area contributed by atoms with Crippen LogP contribution in [0.1, 0.15) is 26.7 Å². The molecule has 1 aliphatic rings. The lowest BCUT2D eigenvalue weighted by atomic mass is 9.90. The fourth-order valence-electron chi connectivity index (χ4n) is 1.85. The topological polar surface area (TPSA) is 104 Å². The van der Waals surface area contributed by atoms with Crippen molar-refractivity contribution >= 4 is 11.7 Å². The third-order valence-electron chi connectivity index (χ3n) is 3.48. The number of rotatable bonds is 1. The first-order valence-electron chi connectivity index (χ1n) is 6.36. The number of allylic oxidation sites excluding steroid dienone is 2. The number of hydrazine groups is 1. The largest absolute Gasteiger partial charge is 0.503 e. The third kappa shape index (κ3) is 4.10. The molecule has 2 unspecified atom stereocenters. The summed E-state index contributed by atoms with van der Waals surface area (Å²) >= 11 is 0. The molecular formula is C13H21N3O3. The van der Waals surface area contributed by atoms with Gasteiger partial charge in [0.05, 0.1) is 0 Å². The first-order valence-corrected chi connectivity index (χ1v) is 6.36. The second-order valence-electron chi connectivity index (χ2n) is 4.87. The minimum Gasteiger partial charge on any atom is -0.503 e. The molecule has 19 heavy (non-hydrogen) atoms. The minimum atomic E-state index is -0.669. The zero-order valence-corrected chi connectivity index (χ0v) is 11.3. The molecule has 0 bridgehead atoms. The molecule has 0 aliphatic carbocycles. The second kappa shape index (κ2) is 6.94. The molecule has 6 nitrogen and oxygen atoms in total. The highest BCUT2D eigenvalue weighted by Crippen LogP contribution is 2.19. The van der Waals surface area contributed by atoms with E-state index in [0.717, 1.165) is 12.8 Å². The molecule has 0 aromatic carbocycles. The van der Waals surface area contributed by atoms with Gasteiger partial charge in [-0.25, -0.2) is 0 Å². The highest BCUT2D eigenvalue weighted by atomic mass is 16.3. The molecule has 0 fully saturated rings. The summed E-state index contributed by atoms with van der Waals surface area (Å²) in [6, 6.07) is 0. The van der Waals surface area contributed by atoms with Gasteiger partial charge in [-0.1, -0.05) is 19.9 Å². The van der Waals surface area contributed by atoms with Crippen LogP contribution in [-0.2, 0) is 9.59 Å². The molecule has 0 aromatic heterocycles. The first kappa shape index (κ1) is 15.2. The SMILES string of the molecule is CC1C/C=C\C(=O)/C(O)=C(\NN)C(=O)NCCC1C. The molecule has 2 atom stereocenters. The predicted octanol–water partition coefficient (Wildman–Crippen LogP) is 0.527. The summed E-state index contributed by atoms with van der Waals surface area (Å²) in [4.78, 5) is 23.4. The summed E-state index contributed by atoms with van der Waals surface area (Å²) in [5.41, 5.74) is 1.76. The molecule has 1 amide bonds. The number of carbonyl (C=O) groups is 2. The van der Waals surface area contributed by atoms with Gasteiger partial charge in [0.15, 0.2) is 11.5 Å². The molecule has 1 heterocycles. The van der Waals surface area contributed by atoms with Gasteiger partial charge in [0.25, 0.3) is 5.91 Å². The summed E-state index contributed by atoms with van der Waals surface area (Å²) in [6.45, 7) is 4.67. The van der Waals surface area contributed by atoms with Crippen LogP contribution >= 0.6 is 0 Å². The maximum Gasteiger partial charge on any atom is 0.272 e. The van der Waals surface area contributed by atoms with E-state index in [-0.39, 0.29) is 5.70 Å². The van der Waals surface area contributed by atoms with E-state index < -0.39 is 17.4 Å². The van der Waals surface area contributed by atoms with Gasteiger partial charge in [-0.2, -0.15) is 0 Å². The first-order chi connectivity index (χ1) is 8.97. The molecular weight excluding hydrogens is 246 g/mol. The molecule has 0 saturated heterocycles. The second-order valence-corrected chi connectivity index (χ2v) is 4.87. The normalized spacial score (nSPS) is 31.9. The van der Waals surface area contributed by atoms with Crippen LogP contribution < -0.4 is 16.6 Å². The standard InChI is InChI=1S/C13H21N3O3/c1-8-4-3-5-10(17)12(18)11(16-14)13(19)15-7-6-9(8)2/h3,5,8-9,16,18H,4,6-7,14H2,1-2H3,(H,15,19)/b5-3-,12-11+. The molecule has 0 saturated carbocycles. The van der Waals surface area contributed by atoms with E-state index in [4.69, 9.17) is 5.84 Å². The van der Waals surface area contributed by atoms with Crippen molar-refractivity contribution in [2.45, 2.75) is 26.7 Å². The fraction of sp³-hybridized carbons (Fsp3) is 0.538. The third-order valence-corrected chi connectivity index (χ3v) is 3.48. The molecule has 0 radical (unpaired) electrons. The summed E-state index contributed by atoms with van der Waals surface area (Å²) in [6.07, 6.45) is 4.56. The van der Waals surface area contributed by atoms with Gasteiger partial charge in [-0.15, -0.1) is 0 Å². The van der Waals surface area contributed by atoms with Gasteiger partial charge < -0.3 is 15.8 Å². The number of nitrogens with two attached hydrogens (primary N) is 1. The number of ketones is 1. The summed E-state index contributed by atoms with van der Waals surface area (Å²) < 4.78 is 0. The molecule has 106 valence electrons. The Labute approximate surface area is 112 Å². The lowest BCUT2D eigenvalue weighted by Gasteiger charge is -2.19. The Bertz CT molecular complexity index is 415. The Morgan fingerprint density at radius 2 is 2.05 bits per heavy atom. The molecule has 5 N–H and O–H groups in total. The lowest BCUT2D eigenvalue weighted by molar-refractivity contribution is -0.119. The molecule has 6 heteroatoms. The van der Waals surface area contributed by atoms with Crippen molar-refractivity contribution in [2.75, 3.05) is 6.54 Å². The van der Waals surface area contributed by atoms with E-state index in [1.54, 1.807) is 6.08 Å². The monoisotopic (exact) mass is 267 g/mol. The summed E-state index contributed by atoms with van der Waals surface area (Å²) in [7, 11) is 0. The van der Waals surface area contributed by atoms with Crippen molar-refractivity contribution in [1.29, 1.82) is 0 Å². The zero-order valence-electron chi connectivity index (χ0n) is 11.3. The van der Waals surface area contributed by atoms with E-state index in [2.05, 4.69) is 24.6 Å². The average Bonchev–Trinajstić information content (AvgIpc) is 2.37. The summed E-state index contributed by atoms with van der Waals surface area (Å²) in [5.74, 6) is 4.11. The fourth-order valence-corrected chi connectivity index (χ4v) is 1.85. The quantitative estimate of drug-likeness (QED) is 0.410. The van der Waals surface area contributed by atoms with E-state index in [0.29, 0.717) is 18.4 Å². The number of hydrogen-bond donors (Lipinski definition) is 4. The number of carbonyl (C=O) groups excluding carboxylic acids is 2. The highest BCUT2D eigenvalue weighted by Gasteiger charge is 2.20. The Kier molecular flexibility index (Phi) is 5.57. The Balaban J connectivity index is 2.99. The van der Waals surface area contributed by atoms with Gasteiger partial charge in [0.1, 0.15) is 0 Å². The van der Waals surface area contributed by atoms with Gasteiger partial charge >= 0.3 is 0 Å². The van der Waals surface area contributed by atoms with E-state index in [1.165, 1.54) is 6.08 Å². The van der Waals surface area contributed by atoms with Crippen LogP contribution in [0.2, 0.25) is 0 Å². The van der Waals surface area contributed by atoms with Crippen LogP contribution in [0.4, 0.5) is 0 Å². The Hall–Kier alpha value is -1.82. The Morgan fingerprint density at radius 1 is 1.37 bits per heavy atom. The smallest absolute Gasteiger partial charge is 0.272 e. The maximum atomic E-state index is 11.8. The highest BCUT2D eigenvalue weighted by molar-refractivity contribution is 6.08. The Morgan fingerprint density at radius 3 is 2.68 bits per heavy atom. The van der Waals surface area contributed by atoms with Crippen molar-refractivity contribution in [3.8, 4) is 0 Å². The molecule has 0 aromatic rings. The summed E-state index contributed by atoms with van der Waals surface area (Å²) in [5, 5.41) is 12.3. The van der Waals surface area contributed by atoms with Crippen LogP contribution in [0.15, 0.2) is 23.6 Å². The minimum absolute atomic E-state index is 0.309. The van der Waals surface area contributed by atoms with Crippen LogP contribution in [-0.4, -0.2) is 23.3 Å². The van der Waals surface area contributed by atoms with E-state index in [1.807, 2.05) is 0 Å². The maximum absolute atomic E-state index is 11.8. The van der Waals surface area contributed by atoms with E-state index in [9.17, 15) is 14.7 Å². The number of aliphatic hydroxyl groups excluding tert-OH is 1. The van der Waals surface area contributed by atoms with Crippen molar-refractivity contribution < 1.29 is 14.7 Å². The molecule has 1 rings (SSSR count). The number of amides is 1. The number of aliphatic hydroxyl groups is 1. The van der Waals surface area contributed by atoms with Gasteiger partial charge in [-0.05, 0) is 30.8 Å². The van der Waals surface area contributed by atoms with Crippen LogP contribution in [0, 0.1) is 11.8 Å². The van der Waals surface area contributed by atoms with Crippen molar-refractivity contribution in [3.63, 3.8) is 0 Å². The van der Waals surface area contributed by atoms with Crippen molar-refractivity contribution in [2.24, 2.45) is 17.7 Å². The van der Waals surface area contributed by atoms with Gasteiger partial charge in [-0.3, -0.25) is 15.4 Å². The van der Waals surface area contributed by atoms with Crippen LogP contribution in [0.25, 0.3) is 0 Å². The van der Waals surface area contributed by atoms with Gasteiger partial charge in [0, 0.05) is 6.54 Å². The lowest BCUT2D eigenvalue weighted by Crippen LogP contribution is -2.38. The predicted molar refractivity (Wildman–Crippen MR) is 71.7 cm³/mol. The van der Waals surface area contributed by atoms with E-state index >= 15 is 0 Å². The number of nitrogens with one attached hydrogen (secondary N) is 2. The van der Waals surface area contributed by atoms with Crippen molar-refractivity contribution in [3.05, 3.63) is 23.6 Å². The van der Waals surface area contributed by atoms with Gasteiger partial charge in [0.2, 0.25) is 5.78 Å². The van der Waals surface area contributed by atoms with Crippen molar-refractivity contribution in [1.82, 2.24) is 10.7 Å². The number of hydrogen-bond acceptors (Lipinski definition) is 5. The molecule has 1 aliphatic heterocycles. The van der Waals surface area contributed by atoms with Crippen LogP contribution in [0.3, 0.4) is 0 Å². The zero-order chi connectivity index (χ0) is 14.4. The molecule has 0 spiro atoms. The van der Waals surface area contributed by atoms with Crippen LogP contribution in [0.5, 0.6) is 0 Å². The average molecular weight is 267 g/mol.